The first-order valence-corrected chi connectivity index (χ1v) is 4.99. The van der Waals surface area contributed by atoms with Crippen molar-refractivity contribution in [2.45, 2.75) is 6.54 Å². The number of nitrogens with zero attached hydrogens (tertiary/aromatic N) is 1. The van der Waals surface area contributed by atoms with Crippen molar-refractivity contribution in [3.8, 4) is 0 Å². The van der Waals surface area contributed by atoms with Gasteiger partial charge in [0.15, 0.2) is 6.54 Å². The molecule has 0 unspecified atom stereocenters. The van der Waals surface area contributed by atoms with E-state index in [1.54, 1.807) is 0 Å². The van der Waals surface area contributed by atoms with Crippen molar-refractivity contribution in [2.75, 3.05) is 19.6 Å². The van der Waals surface area contributed by atoms with Crippen LogP contribution in [0, 0.1) is 0 Å². The molecule has 0 aromatic heterocycles. The van der Waals surface area contributed by atoms with Crippen LogP contribution in [-0.4, -0.2) is 30.4 Å². The first-order chi connectivity index (χ1) is 6.86. The van der Waals surface area contributed by atoms with Crippen LogP contribution in [-0.2, 0) is 11.3 Å². The normalized spacial score (nSPS) is 17.1. The van der Waals surface area contributed by atoms with Crippen LogP contribution in [0.25, 0.3) is 0 Å². The van der Waals surface area contributed by atoms with E-state index in [4.69, 9.17) is 0 Å². The lowest BCUT2D eigenvalue weighted by molar-refractivity contribution is -0.650. The van der Waals surface area contributed by atoms with Gasteiger partial charge in [-0.3, -0.25) is 4.79 Å². The van der Waals surface area contributed by atoms with Crippen LogP contribution in [0.4, 0.5) is 0 Å². The van der Waals surface area contributed by atoms with Gasteiger partial charge >= 0.3 is 0 Å². The Morgan fingerprint density at radius 1 is 1.29 bits per heavy atom. The molecule has 1 heterocycles. The minimum Gasteiger partial charge on any atom is -0.337 e. The standard InChI is InChI=1S/C11H14N2O/c14-11-8-12-6-7-13(11)9-10-4-2-1-3-5-10/h1-5,12H,6-9H2/p+1. The van der Waals surface area contributed by atoms with Crippen molar-refractivity contribution in [2.24, 2.45) is 0 Å². The van der Waals surface area contributed by atoms with Gasteiger partial charge in [0.1, 0.15) is 0 Å². The molecule has 1 aromatic carbocycles. The number of hydrogen-bond acceptors (Lipinski definition) is 1. The van der Waals surface area contributed by atoms with Gasteiger partial charge in [-0.1, -0.05) is 30.3 Å². The van der Waals surface area contributed by atoms with E-state index in [1.807, 2.05) is 23.1 Å². The Labute approximate surface area is 83.7 Å². The summed E-state index contributed by atoms with van der Waals surface area (Å²) in [6, 6.07) is 10.1. The molecule has 1 aliphatic heterocycles. The van der Waals surface area contributed by atoms with Crippen molar-refractivity contribution < 1.29 is 10.1 Å². The van der Waals surface area contributed by atoms with Gasteiger partial charge in [-0.15, -0.1) is 0 Å². The molecule has 74 valence electrons. The molecule has 2 rings (SSSR count). The lowest BCUT2D eigenvalue weighted by Gasteiger charge is -2.25. The summed E-state index contributed by atoms with van der Waals surface area (Å²) < 4.78 is 0. The fourth-order valence-corrected chi connectivity index (χ4v) is 1.70. The molecular weight excluding hydrogens is 176 g/mol. The maximum absolute atomic E-state index is 11.5. The number of rotatable bonds is 2. The molecular formula is C11H15N2O+. The molecule has 1 saturated heterocycles. The van der Waals surface area contributed by atoms with Crippen molar-refractivity contribution in [1.82, 2.24) is 4.90 Å². The molecule has 0 spiro atoms. The minimum absolute atomic E-state index is 0.250. The number of nitrogens with two attached hydrogens (primary N) is 1. The van der Waals surface area contributed by atoms with Crippen molar-refractivity contribution in [1.29, 1.82) is 0 Å². The van der Waals surface area contributed by atoms with Gasteiger partial charge in [0.25, 0.3) is 5.91 Å². The van der Waals surface area contributed by atoms with Gasteiger partial charge in [-0.05, 0) is 5.56 Å². The monoisotopic (exact) mass is 191 g/mol. The molecule has 1 amide bonds. The summed E-state index contributed by atoms with van der Waals surface area (Å²) in [7, 11) is 0. The number of carbonyl (C=O) groups is 1. The van der Waals surface area contributed by atoms with Gasteiger partial charge < -0.3 is 10.2 Å². The molecule has 0 radical (unpaired) electrons. The minimum atomic E-state index is 0.250. The van der Waals surface area contributed by atoms with Crippen LogP contribution in [0.3, 0.4) is 0 Å². The molecule has 0 atom stereocenters. The third kappa shape index (κ3) is 2.12. The van der Waals surface area contributed by atoms with E-state index in [0.717, 1.165) is 19.6 Å². The highest BCUT2D eigenvalue weighted by Gasteiger charge is 2.19. The lowest BCUT2D eigenvalue weighted by Crippen LogP contribution is -2.90. The van der Waals surface area contributed by atoms with E-state index in [1.165, 1.54) is 5.56 Å². The summed E-state index contributed by atoms with van der Waals surface area (Å²) in [5.41, 5.74) is 1.21. The molecule has 0 saturated carbocycles. The first-order valence-electron chi connectivity index (χ1n) is 4.99. The Hall–Kier alpha value is -1.35. The first kappa shape index (κ1) is 9.21. The highest BCUT2D eigenvalue weighted by molar-refractivity contribution is 5.77. The third-order valence-corrected chi connectivity index (χ3v) is 2.49. The maximum atomic E-state index is 11.5. The Bertz CT molecular complexity index is 310. The van der Waals surface area contributed by atoms with Crippen LogP contribution in [0.15, 0.2) is 30.3 Å². The highest BCUT2D eigenvalue weighted by Crippen LogP contribution is 2.04. The maximum Gasteiger partial charge on any atom is 0.278 e. The van der Waals surface area contributed by atoms with E-state index in [2.05, 4.69) is 17.4 Å². The number of hydrogen-bond donors (Lipinski definition) is 1. The zero-order valence-corrected chi connectivity index (χ0v) is 8.15. The van der Waals surface area contributed by atoms with Crippen LogP contribution < -0.4 is 5.32 Å². The largest absolute Gasteiger partial charge is 0.337 e. The molecule has 1 aromatic rings. The summed E-state index contributed by atoms with van der Waals surface area (Å²) in [5.74, 6) is 0.250. The van der Waals surface area contributed by atoms with Gasteiger partial charge in [-0.2, -0.15) is 0 Å². The molecule has 0 bridgehead atoms. The second kappa shape index (κ2) is 4.24. The van der Waals surface area contributed by atoms with Gasteiger partial charge in [-0.25, -0.2) is 0 Å². The summed E-state index contributed by atoms with van der Waals surface area (Å²) in [5, 5.41) is 2.06. The number of amides is 1. The summed E-state index contributed by atoms with van der Waals surface area (Å²) in [6.07, 6.45) is 0. The summed E-state index contributed by atoms with van der Waals surface area (Å²) in [6.45, 7) is 3.26. The van der Waals surface area contributed by atoms with Crippen molar-refractivity contribution in [3.63, 3.8) is 0 Å². The van der Waals surface area contributed by atoms with E-state index in [-0.39, 0.29) is 5.91 Å². The van der Waals surface area contributed by atoms with Gasteiger partial charge in [0.2, 0.25) is 0 Å². The topological polar surface area (TPSA) is 36.9 Å². The van der Waals surface area contributed by atoms with Crippen molar-refractivity contribution >= 4 is 5.91 Å². The third-order valence-electron chi connectivity index (χ3n) is 2.49. The highest BCUT2D eigenvalue weighted by atomic mass is 16.2. The Morgan fingerprint density at radius 3 is 2.79 bits per heavy atom. The molecule has 0 aliphatic carbocycles. The van der Waals surface area contributed by atoms with Crippen LogP contribution in [0.2, 0.25) is 0 Å². The fraction of sp³-hybridized carbons (Fsp3) is 0.364. The molecule has 2 N–H and O–H groups in total. The Morgan fingerprint density at radius 2 is 2.07 bits per heavy atom. The smallest absolute Gasteiger partial charge is 0.278 e. The second-order valence-corrected chi connectivity index (χ2v) is 3.58. The van der Waals surface area contributed by atoms with Crippen LogP contribution in [0.5, 0.6) is 0 Å². The predicted octanol–water partition coefficient (Wildman–Crippen LogP) is -0.408. The number of carbonyl (C=O) groups excluding carboxylic acids is 1. The average molecular weight is 191 g/mol. The zero-order valence-electron chi connectivity index (χ0n) is 8.15. The summed E-state index contributed by atoms with van der Waals surface area (Å²) in [4.78, 5) is 13.4. The predicted molar refractivity (Wildman–Crippen MR) is 53.5 cm³/mol. The number of quaternary nitrogens is 1. The molecule has 3 heteroatoms. The van der Waals surface area contributed by atoms with E-state index in [0.29, 0.717) is 6.54 Å². The van der Waals surface area contributed by atoms with Crippen LogP contribution >= 0.6 is 0 Å². The molecule has 14 heavy (non-hydrogen) atoms. The Balaban J connectivity index is 2.00. The van der Waals surface area contributed by atoms with Gasteiger partial charge in [0, 0.05) is 6.54 Å². The van der Waals surface area contributed by atoms with Crippen LogP contribution in [0.1, 0.15) is 5.56 Å². The second-order valence-electron chi connectivity index (χ2n) is 3.58. The average Bonchev–Trinajstić information content (AvgIpc) is 2.23. The number of piperazine rings is 1. The fourth-order valence-electron chi connectivity index (χ4n) is 1.70. The Kier molecular flexibility index (Phi) is 2.79. The summed E-state index contributed by atoms with van der Waals surface area (Å²) >= 11 is 0. The SMILES string of the molecule is O=C1C[NH2+]CCN1Cc1ccccc1. The molecule has 3 nitrogen and oxygen atoms in total. The van der Waals surface area contributed by atoms with E-state index >= 15 is 0 Å². The van der Waals surface area contributed by atoms with Crippen molar-refractivity contribution in [3.05, 3.63) is 35.9 Å². The van der Waals surface area contributed by atoms with E-state index < -0.39 is 0 Å². The molecule has 1 aliphatic rings. The van der Waals surface area contributed by atoms with E-state index in [9.17, 15) is 4.79 Å². The lowest BCUT2D eigenvalue weighted by atomic mass is 10.2. The number of benzene rings is 1. The van der Waals surface area contributed by atoms with Gasteiger partial charge in [0.05, 0.1) is 13.1 Å². The quantitative estimate of drug-likeness (QED) is 0.678. The zero-order chi connectivity index (χ0) is 9.80. The molecule has 1 fully saturated rings.